The average molecular weight is 414 g/mol. The van der Waals surface area contributed by atoms with Gasteiger partial charge in [0.15, 0.2) is 6.61 Å². The Labute approximate surface area is 171 Å². The largest absolute Gasteiger partial charge is 0.491 e. The molecule has 0 aliphatic carbocycles. The van der Waals surface area contributed by atoms with Crippen molar-refractivity contribution in [1.82, 2.24) is 10.2 Å². The van der Waals surface area contributed by atoms with Gasteiger partial charge < -0.3 is 13.9 Å². The van der Waals surface area contributed by atoms with Crippen LogP contribution in [0.15, 0.2) is 52.9 Å². The highest BCUT2D eigenvalue weighted by Gasteiger charge is 2.25. The quantitative estimate of drug-likeness (QED) is 0.592. The minimum absolute atomic E-state index is 0.147. The first-order chi connectivity index (χ1) is 14.1. The zero-order valence-corrected chi connectivity index (χ0v) is 16.0. The Hall–Kier alpha value is -3.39. The number of rotatable bonds is 5. The Morgan fingerprint density at radius 1 is 1.14 bits per heavy atom. The Kier molecular flexibility index (Phi) is 5.44. The molecule has 0 radical (unpaired) electrons. The van der Waals surface area contributed by atoms with Gasteiger partial charge in [-0.05, 0) is 36.4 Å². The van der Waals surface area contributed by atoms with E-state index in [1.807, 2.05) is 0 Å². The van der Waals surface area contributed by atoms with Crippen LogP contribution < -0.4 is 9.64 Å². The molecular formula is C20H16ClN3O5. The summed E-state index contributed by atoms with van der Waals surface area (Å²) in [6.07, 6.45) is 0.177. The lowest BCUT2D eigenvalue weighted by molar-refractivity contribution is -0.144. The van der Waals surface area contributed by atoms with Crippen LogP contribution in [-0.4, -0.2) is 35.2 Å². The van der Waals surface area contributed by atoms with Gasteiger partial charge in [-0.1, -0.05) is 23.7 Å². The third-order valence-electron chi connectivity index (χ3n) is 4.23. The Morgan fingerprint density at radius 3 is 2.76 bits per heavy atom. The van der Waals surface area contributed by atoms with Gasteiger partial charge in [0.1, 0.15) is 12.3 Å². The number of amides is 1. The first-order valence-corrected chi connectivity index (χ1v) is 9.24. The van der Waals surface area contributed by atoms with Crippen molar-refractivity contribution in [3.63, 3.8) is 0 Å². The topological polar surface area (TPSA) is 94.8 Å². The molecule has 0 saturated heterocycles. The van der Waals surface area contributed by atoms with Gasteiger partial charge in [-0.15, -0.1) is 10.2 Å². The highest BCUT2D eigenvalue weighted by Crippen LogP contribution is 2.30. The van der Waals surface area contributed by atoms with Crippen LogP contribution in [0.2, 0.25) is 5.02 Å². The van der Waals surface area contributed by atoms with E-state index in [4.69, 9.17) is 25.5 Å². The van der Waals surface area contributed by atoms with Crippen molar-refractivity contribution in [1.29, 1.82) is 0 Å². The third-order valence-corrected chi connectivity index (χ3v) is 4.48. The molecule has 0 atom stereocenters. The lowest BCUT2D eigenvalue weighted by atomic mass is 10.2. The molecule has 8 nitrogen and oxygen atoms in total. The summed E-state index contributed by atoms with van der Waals surface area (Å²) in [5, 5.41) is 8.40. The molecule has 0 N–H and O–H groups in total. The lowest BCUT2D eigenvalue weighted by Crippen LogP contribution is -2.36. The fourth-order valence-electron chi connectivity index (χ4n) is 2.83. The molecule has 2 aromatic carbocycles. The molecule has 0 unspecified atom stereocenters. The number of ether oxygens (including phenoxy) is 2. The van der Waals surface area contributed by atoms with Crippen LogP contribution in [0, 0.1) is 0 Å². The molecule has 4 rings (SSSR count). The molecule has 0 saturated carbocycles. The van der Waals surface area contributed by atoms with Crippen LogP contribution in [0.25, 0.3) is 11.5 Å². The van der Waals surface area contributed by atoms with E-state index >= 15 is 0 Å². The van der Waals surface area contributed by atoms with E-state index in [1.54, 1.807) is 48.5 Å². The van der Waals surface area contributed by atoms with E-state index < -0.39 is 5.97 Å². The van der Waals surface area contributed by atoms with Crippen molar-refractivity contribution in [2.45, 2.75) is 13.0 Å². The molecule has 1 aromatic heterocycles. The number of hydrogen-bond acceptors (Lipinski definition) is 7. The van der Waals surface area contributed by atoms with Crippen LogP contribution in [0.5, 0.6) is 5.75 Å². The zero-order valence-electron chi connectivity index (χ0n) is 15.2. The fourth-order valence-corrected chi connectivity index (χ4v) is 2.96. The van der Waals surface area contributed by atoms with E-state index in [-0.39, 0.29) is 38.0 Å². The summed E-state index contributed by atoms with van der Waals surface area (Å²) in [4.78, 5) is 26.0. The van der Waals surface area contributed by atoms with E-state index in [0.717, 1.165) is 0 Å². The summed E-state index contributed by atoms with van der Waals surface area (Å²) in [6.45, 7) is -0.173. The SMILES string of the molecule is O=C(CN1C(=O)CCOc2ccccc21)OCc1nnc(-c2ccc(Cl)cc2)o1. The molecule has 148 valence electrons. The summed E-state index contributed by atoms with van der Waals surface area (Å²) in [5.74, 6) is 0.183. The van der Waals surface area contributed by atoms with Crippen molar-refractivity contribution in [3.05, 3.63) is 59.4 Å². The van der Waals surface area contributed by atoms with Crippen molar-refractivity contribution in [3.8, 4) is 17.2 Å². The number of esters is 1. The minimum Gasteiger partial charge on any atom is -0.491 e. The Morgan fingerprint density at radius 2 is 1.93 bits per heavy atom. The fraction of sp³-hybridized carbons (Fsp3) is 0.200. The summed E-state index contributed by atoms with van der Waals surface area (Å²) in [5.41, 5.74) is 1.24. The number of anilines is 1. The second-order valence-electron chi connectivity index (χ2n) is 6.21. The normalized spacial score (nSPS) is 13.4. The van der Waals surface area contributed by atoms with Gasteiger partial charge in [0.25, 0.3) is 5.89 Å². The zero-order chi connectivity index (χ0) is 20.2. The Balaban J connectivity index is 1.39. The summed E-state index contributed by atoms with van der Waals surface area (Å²) >= 11 is 5.86. The molecule has 3 aromatic rings. The smallest absolute Gasteiger partial charge is 0.326 e. The second kappa shape index (κ2) is 8.32. The van der Waals surface area contributed by atoms with Gasteiger partial charge in [0.2, 0.25) is 11.8 Å². The summed E-state index contributed by atoms with van der Waals surface area (Å²) in [7, 11) is 0. The lowest BCUT2D eigenvalue weighted by Gasteiger charge is -2.20. The molecule has 0 fully saturated rings. The number of aromatic nitrogens is 2. The number of carbonyl (C=O) groups is 2. The van der Waals surface area contributed by atoms with Gasteiger partial charge in [0.05, 0.1) is 18.7 Å². The van der Waals surface area contributed by atoms with Crippen molar-refractivity contribution < 1.29 is 23.5 Å². The molecule has 0 spiro atoms. The van der Waals surface area contributed by atoms with E-state index in [1.165, 1.54) is 4.90 Å². The van der Waals surface area contributed by atoms with Crippen molar-refractivity contribution >= 4 is 29.2 Å². The maximum Gasteiger partial charge on any atom is 0.326 e. The molecule has 2 heterocycles. The standard InChI is InChI=1S/C20H16ClN3O5/c21-14-7-5-13(6-8-14)20-23-22-17(29-20)12-28-19(26)11-24-15-3-1-2-4-16(15)27-10-9-18(24)25/h1-8H,9-12H2. The first-order valence-electron chi connectivity index (χ1n) is 8.86. The molecule has 9 heteroatoms. The average Bonchev–Trinajstić information content (AvgIpc) is 3.14. The minimum atomic E-state index is -0.596. The predicted molar refractivity (Wildman–Crippen MR) is 103 cm³/mol. The molecule has 29 heavy (non-hydrogen) atoms. The predicted octanol–water partition coefficient (Wildman–Crippen LogP) is 3.25. The monoisotopic (exact) mass is 413 g/mol. The number of halogens is 1. The van der Waals surface area contributed by atoms with Crippen LogP contribution in [0.4, 0.5) is 5.69 Å². The van der Waals surface area contributed by atoms with Crippen molar-refractivity contribution in [2.75, 3.05) is 18.1 Å². The highest BCUT2D eigenvalue weighted by atomic mass is 35.5. The van der Waals surface area contributed by atoms with E-state index in [2.05, 4.69) is 10.2 Å². The van der Waals surface area contributed by atoms with Crippen LogP contribution in [0.3, 0.4) is 0 Å². The molecule has 0 bridgehead atoms. The van der Waals surface area contributed by atoms with Gasteiger partial charge >= 0.3 is 5.97 Å². The number of para-hydroxylation sites is 2. The van der Waals surface area contributed by atoms with Crippen LogP contribution in [0.1, 0.15) is 12.3 Å². The summed E-state index contributed by atoms with van der Waals surface area (Å²) < 4.78 is 16.3. The van der Waals surface area contributed by atoms with Gasteiger partial charge in [-0.3, -0.25) is 14.5 Å². The number of nitrogens with zero attached hydrogens (tertiary/aromatic N) is 3. The highest BCUT2D eigenvalue weighted by molar-refractivity contribution is 6.30. The number of hydrogen-bond donors (Lipinski definition) is 0. The number of fused-ring (bicyclic) bond motifs is 1. The van der Waals surface area contributed by atoms with Gasteiger partial charge in [-0.2, -0.15) is 0 Å². The van der Waals surface area contributed by atoms with Crippen LogP contribution >= 0.6 is 11.6 Å². The van der Waals surface area contributed by atoms with E-state index in [0.29, 0.717) is 27.9 Å². The van der Waals surface area contributed by atoms with Gasteiger partial charge in [0, 0.05) is 10.6 Å². The Bertz CT molecular complexity index is 1030. The van der Waals surface area contributed by atoms with Gasteiger partial charge in [-0.25, -0.2) is 0 Å². The maximum absolute atomic E-state index is 12.4. The molecular weight excluding hydrogens is 398 g/mol. The summed E-state index contributed by atoms with van der Waals surface area (Å²) in [6, 6.07) is 14.0. The number of benzene rings is 2. The molecule has 1 aliphatic rings. The van der Waals surface area contributed by atoms with E-state index in [9.17, 15) is 9.59 Å². The van der Waals surface area contributed by atoms with Crippen molar-refractivity contribution in [2.24, 2.45) is 0 Å². The number of carbonyl (C=O) groups excluding carboxylic acids is 2. The van der Waals surface area contributed by atoms with Crippen LogP contribution in [-0.2, 0) is 20.9 Å². The third kappa shape index (κ3) is 4.38. The maximum atomic E-state index is 12.4. The second-order valence-corrected chi connectivity index (χ2v) is 6.65. The molecule has 1 amide bonds. The molecule has 1 aliphatic heterocycles. The first kappa shape index (κ1) is 18.9.